The molecule has 1 amide bonds. The maximum Gasteiger partial charge on any atom is 0.246 e. The number of methoxy groups -OCH3 is 1. The van der Waals surface area contributed by atoms with E-state index >= 15 is 0 Å². The molecule has 2 atom stereocenters. The Balaban J connectivity index is 0.00000456. The third-order valence-corrected chi connectivity index (χ3v) is 6.26. The molecule has 0 aliphatic heterocycles. The maximum absolute atomic E-state index is 13.5. The zero-order chi connectivity index (χ0) is 25.4. The highest BCUT2D eigenvalue weighted by molar-refractivity contribution is 7.59. The first-order valence-corrected chi connectivity index (χ1v) is 11.6. The summed E-state index contributed by atoms with van der Waals surface area (Å²) in [5, 5.41) is 9.23. The Labute approximate surface area is 218 Å². The molecule has 0 unspecified atom stereocenters. The lowest BCUT2D eigenvalue weighted by Gasteiger charge is -2.24. The lowest BCUT2D eigenvalue weighted by atomic mass is 9.93. The van der Waals surface area contributed by atoms with E-state index in [4.69, 9.17) is 4.74 Å². The molecule has 0 aliphatic carbocycles. The molecule has 2 N–H and O–H groups in total. The molecule has 3 aromatic carbocycles. The second-order valence-corrected chi connectivity index (χ2v) is 8.87. The Bertz CT molecular complexity index is 1110. The number of hydrogen-bond donors (Lipinski definition) is 2. The summed E-state index contributed by atoms with van der Waals surface area (Å²) in [4.78, 5) is 14.4. The van der Waals surface area contributed by atoms with Crippen LogP contribution in [0.3, 0.4) is 0 Å². The third-order valence-electron chi connectivity index (χ3n) is 6.26. The molecule has 0 spiro atoms. The van der Waals surface area contributed by atoms with Crippen LogP contribution >= 0.6 is 13.5 Å². The number of carbonyl (C=O) groups is 1. The van der Waals surface area contributed by atoms with Crippen molar-refractivity contribution in [3.05, 3.63) is 95.1 Å². The van der Waals surface area contributed by atoms with Crippen molar-refractivity contribution in [2.75, 3.05) is 20.7 Å². The number of rotatable bonds is 11. The predicted octanol–water partition coefficient (Wildman–Crippen LogP) is 5.77. The molecule has 0 saturated heterocycles. The fourth-order valence-corrected chi connectivity index (χ4v) is 4.15. The molecule has 3 aromatic rings. The number of carbonyl (C=O) groups excluding carboxylic acids is 1. The molecule has 0 aliphatic rings. The van der Waals surface area contributed by atoms with Crippen LogP contribution in [0.25, 0.3) is 11.1 Å². The van der Waals surface area contributed by atoms with E-state index in [1.807, 2.05) is 37.4 Å². The fourth-order valence-electron chi connectivity index (χ4n) is 4.15. The molecule has 0 bridgehead atoms. The van der Waals surface area contributed by atoms with Crippen molar-refractivity contribution in [3.63, 3.8) is 0 Å². The number of hydroxylamine groups is 1. The summed E-state index contributed by atoms with van der Waals surface area (Å²) in [6.07, 6.45) is 0.469. The number of benzene rings is 3. The molecule has 8 heteroatoms. The Morgan fingerprint density at radius 1 is 1.03 bits per heavy atom. The molecule has 0 aromatic heterocycles. The van der Waals surface area contributed by atoms with Crippen LogP contribution in [-0.4, -0.2) is 36.7 Å². The van der Waals surface area contributed by atoms with Crippen LogP contribution < -0.4 is 5.48 Å². The summed E-state index contributed by atoms with van der Waals surface area (Å²) in [7, 11) is 3.52. The summed E-state index contributed by atoms with van der Waals surface area (Å²) < 4.78 is 32.4. The van der Waals surface area contributed by atoms with E-state index in [0.717, 1.165) is 22.3 Å². The van der Waals surface area contributed by atoms with Gasteiger partial charge in [-0.2, -0.15) is 13.5 Å². The quantitative estimate of drug-likeness (QED) is 0.251. The first-order valence-electron chi connectivity index (χ1n) is 11.6. The van der Waals surface area contributed by atoms with Gasteiger partial charge in [0.1, 0.15) is 11.6 Å². The fraction of sp³-hybridized carbons (Fsp3) is 0.321. The molecule has 194 valence electrons. The standard InChI is InChI=1S/C28H32F2N2O3.H2S/c1-19-16-23(10-13-26(19)30)21-6-4-20(5-7-21)18-32(2)15-14-24(28(33)31-34)17-27(35-3)22-8-11-25(29)12-9-22;/h4-13,16,24,27,34H,14-15,17-18H2,1-3H3,(H,31,33);1H2/t24-,27+;/m0./s1. The van der Waals surface area contributed by atoms with Gasteiger partial charge in [-0.3, -0.25) is 10.0 Å². The van der Waals surface area contributed by atoms with Crippen molar-refractivity contribution in [1.29, 1.82) is 0 Å². The second-order valence-electron chi connectivity index (χ2n) is 8.87. The van der Waals surface area contributed by atoms with Crippen LogP contribution in [0.4, 0.5) is 8.78 Å². The monoisotopic (exact) mass is 516 g/mol. The van der Waals surface area contributed by atoms with Gasteiger partial charge in [-0.25, -0.2) is 14.3 Å². The molecule has 0 radical (unpaired) electrons. The largest absolute Gasteiger partial charge is 0.377 e. The molecule has 5 nitrogen and oxygen atoms in total. The van der Waals surface area contributed by atoms with Crippen molar-refractivity contribution >= 4 is 19.4 Å². The number of nitrogens with one attached hydrogen (secondary N) is 1. The highest BCUT2D eigenvalue weighted by Gasteiger charge is 2.24. The zero-order valence-electron chi connectivity index (χ0n) is 20.8. The predicted molar refractivity (Wildman–Crippen MR) is 142 cm³/mol. The van der Waals surface area contributed by atoms with Crippen molar-refractivity contribution in [1.82, 2.24) is 10.4 Å². The van der Waals surface area contributed by atoms with E-state index in [1.54, 1.807) is 37.7 Å². The van der Waals surface area contributed by atoms with Crippen LogP contribution in [-0.2, 0) is 16.1 Å². The van der Waals surface area contributed by atoms with Crippen LogP contribution in [0.15, 0.2) is 66.7 Å². The molecule has 0 fully saturated rings. The molecular formula is C28H34F2N2O3S. The topological polar surface area (TPSA) is 61.8 Å². The van der Waals surface area contributed by atoms with Crippen molar-refractivity contribution in [3.8, 4) is 11.1 Å². The SMILES string of the molecule is CO[C@H](C[C@H](CCN(C)Cc1ccc(-c2ccc(F)c(C)c2)cc1)C(=O)NO)c1ccc(F)cc1.S. The van der Waals surface area contributed by atoms with E-state index < -0.39 is 17.9 Å². The molecule has 36 heavy (non-hydrogen) atoms. The molecule has 0 saturated carbocycles. The number of amides is 1. The van der Waals surface area contributed by atoms with Gasteiger partial charge < -0.3 is 9.64 Å². The minimum absolute atomic E-state index is 0. The minimum Gasteiger partial charge on any atom is -0.377 e. The van der Waals surface area contributed by atoms with Gasteiger partial charge in [0, 0.05) is 19.6 Å². The summed E-state index contributed by atoms with van der Waals surface area (Å²) >= 11 is 0. The summed E-state index contributed by atoms with van der Waals surface area (Å²) in [6.45, 7) is 3.06. The number of nitrogens with zero attached hydrogens (tertiary/aromatic N) is 1. The van der Waals surface area contributed by atoms with Gasteiger partial charge in [0.25, 0.3) is 0 Å². The lowest BCUT2D eigenvalue weighted by Crippen LogP contribution is -2.32. The Hall–Kier alpha value is -2.78. The van der Waals surface area contributed by atoms with Gasteiger partial charge >= 0.3 is 0 Å². The van der Waals surface area contributed by atoms with E-state index in [-0.39, 0.29) is 25.1 Å². The zero-order valence-corrected chi connectivity index (χ0v) is 21.8. The molecule has 0 heterocycles. The summed E-state index contributed by atoms with van der Waals surface area (Å²) in [5.41, 5.74) is 6.25. The van der Waals surface area contributed by atoms with Gasteiger partial charge in [-0.15, -0.1) is 0 Å². The van der Waals surface area contributed by atoms with E-state index in [2.05, 4.69) is 4.90 Å². The first-order chi connectivity index (χ1) is 16.8. The highest BCUT2D eigenvalue weighted by atomic mass is 32.1. The Morgan fingerprint density at radius 3 is 2.25 bits per heavy atom. The van der Waals surface area contributed by atoms with E-state index in [9.17, 15) is 18.8 Å². The van der Waals surface area contributed by atoms with Crippen molar-refractivity contribution in [2.45, 2.75) is 32.4 Å². The first kappa shape index (κ1) is 29.5. The van der Waals surface area contributed by atoms with Crippen LogP contribution in [0.5, 0.6) is 0 Å². The lowest BCUT2D eigenvalue weighted by molar-refractivity contribution is -0.135. The maximum atomic E-state index is 13.5. The van der Waals surface area contributed by atoms with E-state index in [1.165, 1.54) is 18.2 Å². The Kier molecular flexibility index (Phi) is 11.5. The van der Waals surface area contributed by atoms with Gasteiger partial charge in [-0.1, -0.05) is 42.5 Å². The highest BCUT2D eigenvalue weighted by Crippen LogP contribution is 2.27. The van der Waals surface area contributed by atoms with Gasteiger partial charge in [0.2, 0.25) is 5.91 Å². The average molecular weight is 517 g/mol. The van der Waals surface area contributed by atoms with Crippen molar-refractivity contribution < 1.29 is 23.5 Å². The van der Waals surface area contributed by atoms with Gasteiger partial charge in [-0.05, 0) is 85.4 Å². The third kappa shape index (κ3) is 8.13. The van der Waals surface area contributed by atoms with Crippen LogP contribution in [0.2, 0.25) is 0 Å². The van der Waals surface area contributed by atoms with Crippen LogP contribution in [0.1, 0.15) is 35.6 Å². The number of aryl methyl sites for hydroxylation is 1. The minimum atomic E-state index is -0.485. The van der Waals surface area contributed by atoms with Crippen molar-refractivity contribution in [2.24, 2.45) is 5.92 Å². The second kappa shape index (κ2) is 14.1. The number of halogens is 2. The van der Waals surface area contributed by atoms with Gasteiger partial charge in [0.15, 0.2) is 0 Å². The normalized spacial score (nSPS) is 12.6. The summed E-state index contributed by atoms with van der Waals surface area (Å²) in [6, 6.07) is 19.2. The van der Waals surface area contributed by atoms with Gasteiger partial charge in [0.05, 0.1) is 6.10 Å². The summed E-state index contributed by atoms with van der Waals surface area (Å²) in [5.74, 6) is -1.51. The van der Waals surface area contributed by atoms with E-state index in [0.29, 0.717) is 31.5 Å². The number of ether oxygens (including phenoxy) is 1. The average Bonchev–Trinajstić information content (AvgIpc) is 2.86. The molecular weight excluding hydrogens is 482 g/mol. The smallest absolute Gasteiger partial charge is 0.246 e. The van der Waals surface area contributed by atoms with Crippen LogP contribution in [0, 0.1) is 24.5 Å². The molecule has 3 rings (SSSR count). The number of hydrogen-bond acceptors (Lipinski definition) is 4. The Morgan fingerprint density at radius 2 is 1.67 bits per heavy atom.